The minimum Gasteiger partial charge on any atom is -0.479 e. The summed E-state index contributed by atoms with van der Waals surface area (Å²) in [6, 6.07) is 0. The van der Waals surface area contributed by atoms with Crippen molar-refractivity contribution in [2.24, 2.45) is 5.41 Å². The van der Waals surface area contributed by atoms with Crippen LogP contribution in [0.3, 0.4) is 0 Å². The first-order valence-electron chi connectivity index (χ1n) is 9.01. The molecular weight excluding hydrogens is 384 g/mol. The van der Waals surface area contributed by atoms with Crippen LogP contribution in [0, 0.1) is 12.3 Å². The van der Waals surface area contributed by atoms with Crippen LogP contribution in [0.1, 0.15) is 63.8 Å². The zero-order chi connectivity index (χ0) is 18.6. The van der Waals surface area contributed by atoms with Gasteiger partial charge in [0.05, 0.1) is 10.2 Å². The number of hydrogen-bond acceptors (Lipinski definition) is 4. The molecule has 1 aromatic rings. The topological polar surface area (TPSA) is 62.7 Å². The van der Waals surface area contributed by atoms with E-state index in [1.807, 2.05) is 6.92 Å². The highest BCUT2D eigenvalue weighted by Crippen LogP contribution is 2.40. The number of hydrogen-bond donors (Lipinski definition) is 1. The molecule has 1 aromatic heterocycles. The highest BCUT2D eigenvalue weighted by molar-refractivity contribution is 9.10. The summed E-state index contributed by atoms with van der Waals surface area (Å²) in [5, 5.41) is 9.76. The van der Waals surface area contributed by atoms with Crippen LogP contribution in [0.25, 0.3) is 0 Å². The van der Waals surface area contributed by atoms with Crippen LogP contribution in [0.5, 0.6) is 0 Å². The fourth-order valence-corrected chi connectivity index (χ4v) is 3.75. The van der Waals surface area contributed by atoms with Gasteiger partial charge >= 0.3 is 5.97 Å². The largest absolute Gasteiger partial charge is 0.479 e. The summed E-state index contributed by atoms with van der Waals surface area (Å²) in [5.41, 5.74) is 2.64. The van der Waals surface area contributed by atoms with Crippen LogP contribution in [0.4, 0.5) is 5.69 Å². The molecule has 0 spiro atoms. The van der Waals surface area contributed by atoms with Crippen molar-refractivity contribution in [3.63, 3.8) is 0 Å². The molecule has 2 heterocycles. The van der Waals surface area contributed by atoms with Gasteiger partial charge in [0, 0.05) is 37.2 Å². The summed E-state index contributed by atoms with van der Waals surface area (Å²) in [7, 11) is 0. The summed E-state index contributed by atoms with van der Waals surface area (Å²) in [4.78, 5) is 18.6. The predicted molar refractivity (Wildman–Crippen MR) is 103 cm³/mol. The number of unbranched alkanes of at least 4 members (excludes halogenated alkanes) is 1. The number of carboxylic acid groups (broad SMARTS) is 1. The summed E-state index contributed by atoms with van der Waals surface area (Å²) in [6.45, 7) is 10.7. The van der Waals surface area contributed by atoms with Gasteiger partial charge in [-0.05, 0) is 47.5 Å². The normalized spacial score (nSPS) is 18.2. The number of ether oxygens (including phenoxy) is 1. The van der Waals surface area contributed by atoms with E-state index in [4.69, 9.17) is 4.74 Å². The van der Waals surface area contributed by atoms with Crippen molar-refractivity contribution in [1.29, 1.82) is 0 Å². The number of aliphatic carboxylic acids is 1. The number of carbonyl (C=O) groups is 1. The lowest BCUT2D eigenvalue weighted by Gasteiger charge is -2.40. The molecule has 0 radical (unpaired) electrons. The third-order valence-corrected chi connectivity index (χ3v) is 5.53. The summed E-state index contributed by atoms with van der Waals surface area (Å²) in [5.74, 6) is -0.960. The molecule has 0 aromatic carbocycles. The third kappa shape index (κ3) is 4.94. The van der Waals surface area contributed by atoms with Gasteiger partial charge in [0.2, 0.25) is 0 Å². The standard InChI is InChI=1S/C19H29BrN2O3/c1-5-6-11-25-17(18(23)24)15-13(2)21-12-14(20)16(15)22-9-7-19(3,4)8-10-22/h12,17H,5-11H2,1-4H3,(H,23,24)/t17-/m0/s1. The second kappa shape index (κ2) is 8.49. The number of rotatable bonds is 7. The second-order valence-corrected chi connectivity index (χ2v) is 8.40. The van der Waals surface area contributed by atoms with E-state index < -0.39 is 12.1 Å². The predicted octanol–water partition coefficient (Wildman–Crippen LogP) is 4.72. The molecule has 0 amide bonds. The molecule has 1 saturated heterocycles. The van der Waals surface area contributed by atoms with Crippen molar-refractivity contribution in [3.05, 3.63) is 21.9 Å². The highest BCUT2D eigenvalue weighted by atomic mass is 79.9. The Kier molecular flexibility index (Phi) is 6.86. The zero-order valence-electron chi connectivity index (χ0n) is 15.6. The average Bonchev–Trinajstić information content (AvgIpc) is 2.54. The quantitative estimate of drug-likeness (QED) is 0.656. The second-order valence-electron chi connectivity index (χ2n) is 7.55. The number of anilines is 1. The number of aryl methyl sites for hydroxylation is 1. The van der Waals surface area contributed by atoms with Gasteiger partial charge in [-0.2, -0.15) is 0 Å². The summed E-state index contributed by atoms with van der Waals surface area (Å²) in [6.07, 6.45) is 4.75. The molecule has 1 aliphatic rings. The maximum atomic E-state index is 11.9. The average molecular weight is 413 g/mol. The first-order valence-corrected chi connectivity index (χ1v) is 9.80. The first-order chi connectivity index (χ1) is 11.8. The molecule has 1 N–H and O–H groups in total. The Labute approximate surface area is 158 Å². The summed E-state index contributed by atoms with van der Waals surface area (Å²) < 4.78 is 6.58. The molecule has 140 valence electrons. The SMILES string of the molecule is CCCCO[C@H](C(=O)O)c1c(C)ncc(Br)c1N1CCC(C)(C)CC1. The lowest BCUT2D eigenvalue weighted by atomic mass is 9.82. The Balaban J connectivity index is 2.39. The van der Waals surface area contributed by atoms with E-state index in [-0.39, 0.29) is 0 Å². The third-order valence-electron chi connectivity index (χ3n) is 4.94. The molecule has 1 aliphatic heterocycles. The molecule has 1 atom stereocenters. The van der Waals surface area contributed by atoms with Crippen molar-refractivity contribution >= 4 is 27.6 Å². The maximum Gasteiger partial charge on any atom is 0.337 e. The van der Waals surface area contributed by atoms with Gasteiger partial charge in [0.15, 0.2) is 6.10 Å². The number of carboxylic acids is 1. The monoisotopic (exact) mass is 412 g/mol. The fourth-order valence-electron chi connectivity index (χ4n) is 3.18. The smallest absolute Gasteiger partial charge is 0.337 e. The minimum absolute atomic E-state index is 0.328. The van der Waals surface area contributed by atoms with Crippen LogP contribution in [-0.2, 0) is 9.53 Å². The van der Waals surface area contributed by atoms with Gasteiger partial charge < -0.3 is 14.7 Å². The van der Waals surface area contributed by atoms with E-state index in [1.165, 1.54) is 0 Å². The van der Waals surface area contributed by atoms with Gasteiger partial charge in [0.25, 0.3) is 0 Å². The molecule has 5 nitrogen and oxygen atoms in total. The van der Waals surface area contributed by atoms with Crippen LogP contribution in [-0.4, -0.2) is 35.8 Å². The minimum atomic E-state index is -0.985. The fraction of sp³-hybridized carbons (Fsp3) is 0.684. The number of piperidine rings is 1. The van der Waals surface area contributed by atoms with Crippen LogP contribution < -0.4 is 4.90 Å². The lowest BCUT2D eigenvalue weighted by molar-refractivity contribution is -0.151. The van der Waals surface area contributed by atoms with Crippen LogP contribution >= 0.6 is 15.9 Å². The summed E-state index contributed by atoms with van der Waals surface area (Å²) >= 11 is 3.59. The van der Waals surface area contributed by atoms with Crippen molar-refractivity contribution in [2.75, 3.05) is 24.6 Å². The van der Waals surface area contributed by atoms with Gasteiger partial charge in [-0.3, -0.25) is 4.98 Å². The maximum absolute atomic E-state index is 11.9. The molecule has 25 heavy (non-hydrogen) atoms. The van der Waals surface area contributed by atoms with E-state index in [1.54, 1.807) is 6.20 Å². The Morgan fingerprint density at radius 3 is 2.64 bits per heavy atom. The van der Waals surface area contributed by atoms with Crippen molar-refractivity contribution in [2.45, 2.75) is 59.5 Å². The molecule has 0 unspecified atom stereocenters. The number of aromatic nitrogens is 1. The Morgan fingerprint density at radius 1 is 1.44 bits per heavy atom. The number of halogens is 1. The van der Waals surface area contributed by atoms with E-state index in [0.717, 1.165) is 48.9 Å². The van der Waals surface area contributed by atoms with E-state index in [2.05, 4.69) is 46.6 Å². The van der Waals surface area contributed by atoms with E-state index in [9.17, 15) is 9.90 Å². The van der Waals surface area contributed by atoms with Crippen LogP contribution in [0.15, 0.2) is 10.7 Å². The van der Waals surface area contributed by atoms with Crippen molar-refractivity contribution < 1.29 is 14.6 Å². The van der Waals surface area contributed by atoms with E-state index in [0.29, 0.717) is 23.3 Å². The van der Waals surface area contributed by atoms with Crippen molar-refractivity contribution in [1.82, 2.24) is 4.98 Å². The lowest BCUT2D eigenvalue weighted by Crippen LogP contribution is -2.38. The van der Waals surface area contributed by atoms with Crippen molar-refractivity contribution in [3.8, 4) is 0 Å². The van der Waals surface area contributed by atoms with Gasteiger partial charge in [-0.15, -0.1) is 0 Å². The van der Waals surface area contributed by atoms with Gasteiger partial charge in [-0.1, -0.05) is 27.2 Å². The molecule has 0 saturated carbocycles. The Morgan fingerprint density at radius 2 is 2.08 bits per heavy atom. The molecule has 0 bridgehead atoms. The van der Waals surface area contributed by atoms with Crippen LogP contribution in [0.2, 0.25) is 0 Å². The van der Waals surface area contributed by atoms with E-state index >= 15 is 0 Å². The zero-order valence-corrected chi connectivity index (χ0v) is 17.2. The Hall–Kier alpha value is -1.14. The molecular formula is C19H29BrN2O3. The first kappa shape index (κ1) is 20.2. The van der Waals surface area contributed by atoms with Gasteiger partial charge in [-0.25, -0.2) is 4.79 Å². The Bertz CT molecular complexity index is 609. The highest BCUT2D eigenvalue weighted by Gasteiger charge is 2.33. The molecule has 1 fully saturated rings. The molecule has 0 aliphatic carbocycles. The van der Waals surface area contributed by atoms with Gasteiger partial charge in [0.1, 0.15) is 0 Å². The molecule has 6 heteroatoms. The number of pyridine rings is 1. The molecule has 2 rings (SSSR count). The number of nitrogens with zero attached hydrogens (tertiary/aromatic N) is 2.